The van der Waals surface area contributed by atoms with E-state index in [-0.39, 0.29) is 5.92 Å². The Labute approximate surface area is 81.2 Å². The molecule has 1 N–H and O–H groups in total. The molecule has 1 unspecified atom stereocenters. The second-order valence-corrected chi connectivity index (χ2v) is 4.82. The lowest BCUT2D eigenvalue weighted by atomic mass is 9.89. The molecular formula is C10H12O2S. The van der Waals surface area contributed by atoms with Crippen LogP contribution in [0.1, 0.15) is 34.1 Å². The van der Waals surface area contributed by atoms with Gasteiger partial charge in [0, 0.05) is 9.75 Å². The molecule has 0 saturated heterocycles. The van der Waals surface area contributed by atoms with Crippen molar-refractivity contribution < 1.29 is 9.90 Å². The number of aliphatic carboxylic acids is 1. The van der Waals surface area contributed by atoms with Gasteiger partial charge in [-0.1, -0.05) is 0 Å². The Morgan fingerprint density at radius 3 is 3.15 bits per heavy atom. The highest BCUT2D eigenvalue weighted by Gasteiger charge is 2.27. The summed E-state index contributed by atoms with van der Waals surface area (Å²) in [5, 5.41) is 9.00. The van der Waals surface area contributed by atoms with Gasteiger partial charge in [-0.2, -0.15) is 0 Å². The van der Waals surface area contributed by atoms with E-state index >= 15 is 0 Å². The normalized spacial score (nSPS) is 21.2. The Morgan fingerprint density at radius 2 is 2.46 bits per heavy atom. The maximum atomic E-state index is 10.9. The quantitative estimate of drug-likeness (QED) is 0.749. The highest BCUT2D eigenvalue weighted by Crippen LogP contribution is 2.37. The Balaban J connectivity index is 2.41. The van der Waals surface area contributed by atoms with Crippen molar-refractivity contribution in [1.82, 2.24) is 0 Å². The van der Waals surface area contributed by atoms with Crippen LogP contribution in [0.4, 0.5) is 0 Å². The minimum absolute atomic E-state index is 0.234. The van der Waals surface area contributed by atoms with E-state index in [4.69, 9.17) is 5.11 Å². The topological polar surface area (TPSA) is 37.3 Å². The molecule has 1 aliphatic carbocycles. The SMILES string of the molecule is Cc1cc2c(s1)C(C(=O)O)CCC2. The van der Waals surface area contributed by atoms with E-state index in [9.17, 15) is 4.79 Å². The van der Waals surface area contributed by atoms with Crippen LogP contribution in [0.5, 0.6) is 0 Å². The highest BCUT2D eigenvalue weighted by atomic mass is 32.1. The van der Waals surface area contributed by atoms with Crippen molar-refractivity contribution in [1.29, 1.82) is 0 Å². The summed E-state index contributed by atoms with van der Waals surface area (Å²) in [4.78, 5) is 13.3. The zero-order valence-corrected chi connectivity index (χ0v) is 8.36. The van der Waals surface area contributed by atoms with E-state index in [1.807, 2.05) is 6.92 Å². The second kappa shape index (κ2) is 3.14. The van der Waals surface area contributed by atoms with Gasteiger partial charge in [0.15, 0.2) is 0 Å². The number of fused-ring (bicyclic) bond motifs is 1. The van der Waals surface area contributed by atoms with Gasteiger partial charge in [-0.3, -0.25) is 4.79 Å². The Morgan fingerprint density at radius 1 is 1.69 bits per heavy atom. The molecule has 0 fully saturated rings. The molecule has 1 aliphatic rings. The summed E-state index contributed by atoms with van der Waals surface area (Å²) in [7, 11) is 0. The molecule has 0 bridgehead atoms. The highest BCUT2D eigenvalue weighted by molar-refractivity contribution is 7.12. The summed E-state index contributed by atoms with van der Waals surface area (Å²) >= 11 is 1.65. The van der Waals surface area contributed by atoms with Crippen LogP contribution in [-0.2, 0) is 11.2 Å². The number of carboxylic acid groups (broad SMARTS) is 1. The molecule has 1 aromatic heterocycles. The number of aryl methyl sites for hydroxylation is 2. The molecule has 2 rings (SSSR count). The molecule has 1 heterocycles. The van der Waals surface area contributed by atoms with Crippen LogP contribution in [-0.4, -0.2) is 11.1 Å². The summed E-state index contributed by atoms with van der Waals surface area (Å²) < 4.78 is 0. The lowest BCUT2D eigenvalue weighted by Crippen LogP contribution is -2.15. The van der Waals surface area contributed by atoms with Gasteiger partial charge in [-0.25, -0.2) is 0 Å². The van der Waals surface area contributed by atoms with Crippen LogP contribution >= 0.6 is 11.3 Å². The summed E-state index contributed by atoms with van der Waals surface area (Å²) in [6, 6.07) is 2.13. The Kier molecular flexibility index (Phi) is 2.12. The fraction of sp³-hybridized carbons (Fsp3) is 0.500. The molecule has 2 nitrogen and oxygen atoms in total. The van der Waals surface area contributed by atoms with Gasteiger partial charge in [0.25, 0.3) is 0 Å². The first-order valence-electron chi connectivity index (χ1n) is 4.50. The van der Waals surface area contributed by atoms with E-state index < -0.39 is 5.97 Å². The van der Waals surface area contributed by atoms with Crippen molar-refractivity contribution in [2.45, 2.75) is 32.1 Å². The predicted octanol–water partition coefficient (Wildman–Crippen LogP) is 2.56. The molecular weight excluding hydrogens is 184 g/mol. The molecule has 0 aliphatic heterocycles. The molecule has 0 radical (unpaired) electrons. The van der Waals surface area contributed by atoms with E-state index in [1.54, 1.807) is 11.3 Å². The van der Waals surface area contributed by atoms with Crippen molar-refractivity contribution in [3.63, 3.8) is 0 Å². The molecule has 1 atom stereocenters. The molecule has 13 heavy (non-hydrogen) atoms. The first kappa shape index (κ1) is 8.75. The van der Waals surface area contributed by atoms with E-state index in [0.29, 0.717) is 0 Å². The third kappa shape index (κ3) is 1.48. The van der Waals surface area contributed by atoms with Crippen molar-refractivity contribution in [3.05, 3.63) is 21.4 Å². The summed E-state index contributed by atoms with van der Waals surface area (Å²) in [5.74, 6) is -0.898. The number of rotatable bonds is 1. The lowest BCUT2D eigenvalue weighted by molar-refractivity contribution is -0.139. The maximum absolute atomic E-state index is 10.9. The minimum atomic E-state index is -0.664. The van der Waals surface area contributed by atoms with Crippen LogP contribution in [0.15, 0.2) is 6.07 Å². The summed E-state index contributed by atoms with van der Waals surface area (Å²) in [6.07, 6.45) is 2.88. The zero-order chi connectivity index (χ0) is 9.42. The van der Waals surface area contributed by atoms with Crippen LogP contribution in [0.2, 0.25) is 0 Å². The number of thiophene rings is 1. The molecule has 1 aromatic rings. The first-order valence-corrected chi connectivity index (χ1v) is 5.32. The van der Waals surface area contributed by atoms with Crippen molar-refractivity contribution in [2.24, 2.45) is 0 Å². The molecule has 0 spiro atoms. The van der Waals surface area contributed by atoms with Crippen LogP contribution in [0, 0.1) is 6.92 Å². The Bertz CT molecular complexity index is 341. The van der Waals surface area contributed by atoms with Gasteiger partial charge in [0.2, 0.25) is 0 Å². The number of hydrogen-bond acceptors (Lipinski definition) is 2. The van der Waals surface area contributed by atoms with E-state index in [1.165, 1.54) is 10.4 Å². The molecule has 0 aromatic carbocycles. The van der Waals surface area contributed by atoms with Crippen molar-refractivity contribution in [3.8, 4) is 0 Å². The van der Waals surface area contributed by atoms with Crippen LogP contribution < -0.4 is 0 Å². The average molecular weight is 196 g/mol. The van der Waals surface area contributed by atoms with Gasteiger partial charge in [-0.05, 0) is 37.8 Å². The smallest absolute Gasteiger partial charge is 0.311 e. The first-order chi connectivity index (χ1) is 6.18. The monoisotopic (exact) mass is 196 g/mol. The third-order valence-corrected chi connectivity index (χ3v) is 3.72. The predicted molar refractivity (Wildman–Crippen MR) is 52.4 cm³/mol. The van der Waals surface area contributed by atoms with Gasteiger partial charge in [0.05, 0.1) is 5.92 Å². The number of carbonyl (C=O) groups is 1. The molecule has 70 valence electrons. The average Bonchev–Trinajstić information content (AvgIpc) is 2.43. The van der Waals surface area contributed by atoms with Crippen LogP contribution in [0.3, 0.4) is 0 Å². The molecule has 0 saturated carbocycles. The van der Waals surface area contributed by atoms with Gasteiger partial charge >= 0.3 is 5.97 Å². The Hall–Kier alpha value is -0.830. The minimum Gasteiger partial charge on any atom is -0.481 e. The maximum Gasteiger partial charge on any atom is 0.311 e. The standard InChI is InChI=1S/C10H12O2S/c1-6-5-7-3-2-4-8(10(11)12)9(7)13-6/h5,8H,2-4H2,1H3,(H,11,12). The largest absolute Gasteiger partial charge is 0.481 e. The van der Waals surface area contributed by atoms with Crippen molar-refractivity contribution in [2.75, 3.05) is 0 Å². The number of hydrogen-bond donors (Lipinski definition) is 1. The second-order valence-electron chi connectivity index (χ2n) is 3.53. The number of carboxylic acids is 1. The fourth-order valence-electron chi connectivity index (χ4n) is 1.94. The lowest BCUT2D eigenvalue weighted by Gasteiger charge is -2.17. The van der Waals surface area contributed by atoms with Gasteiger partial charge in [-0.15, -0.1) is 11.3 Å². The van der Waals surface area contributed by atoms with Crippen molar-refractivity contribution >= 4 is 17.3 Å². The van der Waals surface area contributed by atoms with Gasteiger partial charge < -0.3 is 5.11 Å². The molecule has 3 heteroatoms. The molecule has 0 amide bonds. The van der Waals surface area contributed by atoms with E-state index in [2.05, 4.69) is 6.07 Å². The van der Waals surface area contributed by atoms with Crippen LogP contribution in [0.25, 0.3) is 0 Å². The van der Waals surface area contributed by atoms with E-state index in [0.717, 1.165) is 24.1 Å². The third-order valence-electron chi connectivity index (χ3n) is 2.52. The fourth-order valence-corrected chi connectivity index (χ4v) is 3.14. The zero-order valence-electron chi connectivity index (χ0n) is 7.54. The van der Waals surface area contributed by atoms with Gasteiger partial charge in [0.1, 0.15) is 0 Å². The summed E-state index contributed by atoms with van der Waals surface area (Å²) in [6.45, 7) is 2.04. The summed E-state index contributed by atoms with van der Waals surface area (Å²) in [5.41, 5.74) is 1.26.